The monoisotopic (exact) mass is 281 g/mol. The number of ether oxygens (including phenoxy) is 2. The number of nitrogens with zero attached hydrogens (tertiary/aromatic N) is 1. The number of benzene rings is 2. The van der Waals surface area contributed by atoms with Gasteiger partial charge in [-0.25, -0.2) is 0 Å². The van der Waals surface area contributed by atoms with Gasteiger partial charge in [0.25, 0.3) is 5.91 Å². The number of fused-ring (bicyclic) bond motifs is 1. The molecule has 1 heterocycles. The third-order valence-corrected chi connectivity index (χ3v) is 3.29. The minimum atomic E-state index is -0.0844. The number of hydrogen-bond donors (Lipinski definition) is 0. The van der Waals surface area contributed by atoms with Crippen LogP contribution in [0.15, 0.2) is 54.6 Å². The predicted molar refractivity (Wildman–Crippen MR) is 81.5 cm³/mol. The van der Waals surface area contributed by atoms with Gasteiger partial charge in [-0.15, -0.1) is 0 Å². The molecule has 0 unspecified atom stereocenters. The molecule has 0 saturated carbocycles. The van der Waals surface area contributed by atoms with Crippen LogP contribution in [0.3, 0.4) is 0 Å². The standard InChI is InChI=1S/C17H15NO3/c1-18(14-5-3-2-4-6-14)17(19)10-8-13-7-9-15-16(11-13)21-12-20-15/h2-11H,12H2,1H3. The van der Waals surface area contributed by atoms with Crippen molar-refractivity contribution in [2.75, 3.05) is 18.7 Å². The summed E-state index contributed by atoms with van der Waals surface area (Å²) in [5.41, 5.74) is 1.76. The Bertz CT molecular complexity index is 680. The molecule has 0 radical (unpaired) electrons. The molecule has 0 fully saturated rings. The van der Waals surface area contributed by atoms with Crippen LogP contribution in [0.4, 0.5) is 5.69 Å². The lowest BCUT2D eigenvalue weighted by Crippen LogP contribution is -2.23. The van der Waals surface area contributed by atoms with Crippen molar-refractivity contribution >= 4 is 17.7 Å². The molecule has 4 heteroatoms. The topological polar surface area (TPSA) is 38.8 Å². The van der Waals surface area contributed by atoms with Crippen LogP contribution in [0.25, 0.3) is 6.08 Å². The molecule has 0 spiro atoms. The maximum absolute atomic E-state index is 12.1. The van der Waals surface area contributed by atoms with E-state index in [1.54, 1.807) is 24.1 Å². The van der Waals surface area contributed by atoms with Crippen LogP contribution in [0.1, 0.15) is 5.56 Å². The highest BCUT2D eigenvalue weighted by Crippen LogP contribution is 2.32. The first-order chi connectivity index (χ1) is 10.2. The Balaban J connectivity index is 1.72. The number of carbonyl (C=O) groups excluding carboxylic acids is 1. The summed E-state index contributed by atoms with van der Waals surface area (Å²) in [7, 11) is 1.75. The molecule has 2 aromatic carbocycles. The van der Waals surface area contributed by atoms with E-state index in [9.17, 15) is 4.79 Å². The Hall–Kier alpha value is -2.75. The molecule has 4 nitrogen and oxygen atoms in total. The second-order valence-corrected chi connectivity index (χ2v) is 4.68. The van der Waals surface area contributed by atoms with Crippen LogP contribution in [0.2, 0.25) is 0 Å². The first kappa shape index (κ1) is 13.2. The van der Waals surface area contributed by atoms with Crippen LogP contribution in [0, 0.1) is 0 Å². The molecule has 1 aliphatic heterocycles. The van der Waals surface area contributed by atoms with Gasteiger partial charge in [-0.2, -0.15) is 0 Å². The first-order valence-corrected chi connectivity index (χ1v) is 6.64. The van der Waals surface area contributed by atoms with Gasteiger partial charge in [-0.1, -0.05) is 24.3 Å². The zero-order valence-electron chi connectivity index (χ0n) is 11.7. The third-order valence-electron chi connectivity index (χ3n) is 3.29. The number of carbonyl (C=O) groups is 1. The molecular weight excluding hydrogens is 266 g/mol. The Morgan fingerprint density at radius 1 is 1.10 bits per heavy atom. The molecule has 0 saturated heterocycles. The molecule has 0 aromatic heterocycles. The Labute approximate surface area is 123 Å². The van der Waals surface area contributed by atoms with Crippen molar-refractivity contribution in [3.63, 3.8) is 0 Å². The molecular formula is C17H15NO3. The van der Waals surface area contributed by atoms with Crippen LogP contribution in [-0.2, 0) is 4.79 Å². The third kappa shape index (κ3) is 2.89. The molecule has 1 aliphatic rings. The van der Waals surface area contributed by atoms with E-state index in [0.717, 1.165) is 17.0 Å². The maximum atomic E-state index is 12.1. The molecule has 0 atom stereocenters. The van der Waals surface area contributed by atoms with E-state index in [-0.39, 0.29) is 12.7 Å². The summed E-state index contributed by atoms with van der Waals surface area (Å²) in [5.74, 6) is 1.36. The number of amides is 1. The smallest absolute Gasteiger partial charge is 0.250 e. The second kappa shape index (κ2) is 5.71. The summed E-state index contributed by atoms with van der Waals surface area (Å²) >= 11 is 0. The SMILES string of the molecule is CN(C(=O)C=Cc1ccc2c(c1)OCO2)c1ccccc1. The summed E-state index contributed by atoms with van der Waals surface area (Å²) in [4.78, 5) is 13.7. The van der Waals surface area contributed by atoms with Crippen molar-refractivity contribution in [1.29, 1.82) is 0 Å². The summed E-state index contributed by atoms with van der Waals surface area (Å²) in [6.07, 6.45) is 3.31. The van der Waals surface area contributed by atoms with E-state index in [1.165, 1.54) is 0 Å². The van der Waals surface area contributed by atoms with Crippen molar-refractivity contribution < 1.29 is 14.3 Å². The second-order valence-electron chi connectivity index (χ2n) is 4.68. The zero-order chi connectivity index (χ0) is 14.7. The van der Waals surface area contributed by atoms with Gasteiger partial charge in [0, 0.05) is 18.8 Å². The van der Waals surface area contributed by atoms with Crippen molar-refractivity contribution in [2.24, 2.45) is 0 Å². The van der Waals surface area contributed by atoms with E-state index in [0.29, 0.717) is 5.75 Å². The first-order valence-electron chi connectivity index (χ1n) is 6.64. The number of rotatable bonds is 3. The van der Waals surface area contributed by atoms with Gasteiger partial charge in [0.2, 0.25) is 6.79 Å². The highest BCUT2D eigenvalue weighted by atomic mass is 16.7. The molecule has 3 rings (SSSR count). The molecule has 1 amide bonds. The molecule has 0 N–H and O–H groups in total. The molecule has 2 aromatic rings. The normalized spacial score (nSPS) is 12.6. The van der Waals surface area contributed by atoms with Gasteiger partial charge in [0.15, 0.2) is 11.5 Å². The summed E-state index contributed by atoms with van der Waals surface area (Å²) in [6.45, 7) is 0.248. The van der Waals surface area contributed by atoms with Crippen molar-refractivity contribution in [1.82, 2.24) is 0 Å². The van der Waals surface area contributed by atoms with Gasteiger partial charge in [-0.3, -0.25) is 4.79 Å². The number of likely N-dealkylation sites (N-methyl/N-ethyl adjacent to an activating group) is 1. The fourth-order valence-corrected chi connectivity index (χ4v) is 2.07. The Morgan fingerprint density at radius 2 is 1.86 bits per heavy atom. The van der Waals surface area contributed by atoms with E-state index in [2.05, 4.69) is 0 Å². The molecule has 21 heavy (non-hydrogen) atoms. The largest absolute Gasteiger partial charge is 0.454 e. The highest BCUT2D eigenvalue weighted by Gasteiger charge is 2.12. The van der Waals surface area contributed by atoms with Crippen LogP contribution < -0.4 is 14.4 Å². The quantitative estimate of drug-likeness (QED) is 0.811. The zero-order valence-corrected chi connectivity index (χ0v) is 11.7. The van der Waals surface area contributed by atoms with E-state index in [1.807, 2.05) is 48.5 Å². The Kier molecular flexibility index (Phi) is 3.60. The van der Waals surface area contributed by atoms with E-state index >= 15 is 0 Å². The molecule has 0 aliphatic carbocycles. The maximum Gasteiger partial charge on any atom is 0.250 e. The van der Waals surface area contributed by atoms with Crippen molar-refractivity contribution in [3.05, 3.63) is 60.2 Å². The fourth-order valence-electron chi connectivity index (χ4n) is 2.07. The average Bonchev–Trinajstić information content (AvgIpc) is 3.00. The van der Waals surface area contributed by atoms with Crippen molar-refractivity contribution in [3.8, 4) is 11.5 Å². The van der Waals surface area contributed by atoms with Gasteiger partial charge < -0.3 is 14.4 Å². The minimum Gasteiger partial charge on any atom is -0.454 e. The van der Waals surface area contributed by atoms with E-state index < -0.39 is 0 Å². The number of anilines is 1. The minimum absolute atomic E-state index is 0.0844. The highest BCUT2D eigenvalue weighted by molar-refractivity contribution is 6.03. The van der Waals surface area contributed by atoms with Crippen LogP contribution in [0.5, 0.6) is 11.5 Å². The lowest BCUT2D eigenvalue weighted by molar-refractivity contribution is -0.113. The number of hydrogen-bond acceptors (Lipinski definition) is 3. The van der Waals surface area contributed by atoms with Gasteiger partial charge >= 0.3 is 0 Å². The lowest BCUT2D eigenvalue weighted by Gasteiger charge is -2.14. The van der Waals surface area contributed by atoms with E-state index in [4.69, 9.17) is 9.47 Å². The van der Waals surface area contributed by atoms with Gasteiger partial charge in [0.1, 0.15) is 0 Å². The van der Waals surface area contributed by atoms with Gasteiger partial charge in [-0.05, 0) is 35.9 Å². The summed E-state index contributed by atoms with van der Waals surface area (Å²) in [5, 5.41) is 0. The van der Waals surface area contributed by atoms with Gasteiger partial charge in [0.05, 0.1) is 0 Å². The van der Waals surface area contributed by atoms with Crippen LogP contribution >= 0.6 is 0 Å². The number of para-hydroxylation sites is 1. The predicted octanol–water partition coefficient (Wildman–Crippen LogP) is 3.09. The molecule has 0 bridgehead atoms. The fraction of sp³-hybridized carbons (Fsp3) is 0.118. The summed E-state index contributed by atoms with van der Waals surface area (Å²) in [6, 6.07) is 15.1. The summed E-state index contributed by atoms with van der Waals surface area (Å²) < 4.78 is 10.6. The lowest BCUT2D eigenvalue weighted by atomic mass is 10.2. The molecule has 106 valence electrons. The Morgan fingerprint density at radius 3 is 2.67 bits per heavy atom. The average molecular weight is 281 g/mol. The van der Waals surface area contributed by atoms with Crippen molar-refractivity contribution in [2.45, 2.75) is 0 Å². The van der Waals surface area contributed by atoms with Crippen LogP contribution in [-0.4, -0.2) is 19.7 Å².